The van der Waals surface area contributed by atoms with E-state index in [2.05, 4.69) is 78.4 Å². The van der Waals surface area contributed by atoms with Gasteiger partial charge in [0, 0.05) is 41.5 Å². The molecule has 0 saturated heterocycles. The molecule has 0 atom stereocenters. The monoisotopic (exact) mass is 469 g/mol. The van der Waals surface area contributed by atoms with Crippen LogP contribution in [0, 0.1) is 25.2 Å². The number of nitriles is 1. The molecule has 6 rings (SSSR count). The topological polar surface area (TPSA) is 75.5 Å². The minimum absolute atomic E-state index is 0.635. The Bertz CT molecular complexity index is 1720. The van der Waals surface area contributed by atoms with Gasteiger partial charge in [-0.15, -0.1) is 0 Å². The van der Waals surface area contributed by atoms with Gasteiger partial charge in [0.2, 0.25) is 0 Å². The third-order valence-corrected chi connectivity index (χ3v) is 5.88. The molecule has 0 aliphatic carbocycles. The maximum Gasteiger partial charge on any atom is 0.151 e. The van der Waals surface area contributed by atoms with Crippen molar-refractivity contribution in [3.05, 3.63) is 120 Å². The summed E-state index contributed by atoms with van der Waals surface area (Å²) in [5.74, 6) is 0. The summed E-state index contributed by atoms with van der Waals surface area (Å²) in [4.78, 5) is 19.8. The van der Waals surface area contributed by atoms with E-state index in [1.165, 1.54) is 11.1 Å². The quantitative estimate of drug-likeness (QED) is 0.285. The third-order valence-electron chi connectivity index (χ3n) is 5.88. The Morgan fingerprint density at radius 3 is 1.67 bits per heavy atom. The van der Waals surface area contributed by atoms with Gasteiger partial charge >= 0.3 is 0 Å². The molecule has 4 heterocycles. The zero-order chi connectivity index (χ0) is 25.1. The summed E-state index contributed by atoms with van der Waals surface area (Å²) in [5.41, 5.74) is 9.44. The standard InChI is InChI=1S/C15H11N3.C15H12N2O/c1-11-2-5-13(6-3-11)14-10-18-9-12(8-16)4-7-15(18)17-14;1-11-2-5-13(6-3-11)14-9-17-8-12(10-18)4-7-15(17)16-14/h2-7,9-10H,1H3;2-10H,1H3. The highest BCUT2D eigenvalue weighted by molar-refractivity contribution is 5.75. The number of hydrogen-bond acceptors (Lipinski definition) is 4. The number of aryl methyl sites for hydroxylation is 2. The fourth-order valence-corrected chi connectivity index (χ4v) is 3.86. The van der Waals surface area contributed by atoms with Gasteiger partial charge in [-0.25, -0.2) is 9.97 Å². The highest BCUT2D eigenvalue weighted by Crippen LogP contribution is 2.21. The Kier molecular flexibility index (Phi) is 6.12. The first kappa shape index (κ1) is 22.8. The molecule has 0 radical (unpaired) electrons. The van der Waals surface area contributed by atoms with E-state index < -0.39 is 0 Å². The van der Waals surface area contributed by atoms with E-state index >= 15 is 0 Å². The van der Waals surface area contributed by atoms with E-state index in [0.29, 0.717) is 11.1 Å². The predicted molar refractivity (Wildman–Crippen MR) is 141 cm³/mol. The molecule has 2 aromatic carbocycles. The molecule has 174 valence electrons. The number of pyridine rings is 2. The molecule has 4 aromatic heterocycles. The Labute approximate surface area is 208 Å². The number of imidazole rings is 2. The van der Waals surface area contributed by atoms with Crippen LogP contribution in [0.5, 0.6) is 0 Å². The minimum Gasteiger partial charge on any atom is -0.306 e. The lowest BCUT2D eigenvalue weighted by atomic mass is 10.1. The van der Waals surface area contributed by atoms with Gasteiger partial charge in [-0.05, 0) is 38.1 Å². The van der Waals surface area contributed by atoms with Crippen molar-refractivity contribution >= 4 is 17.6 Å². The number of fused-ring (bicyclic) bond motifs is 2. The zero-order valence-electron chi connectivity index (χ0n) is 20.0. The Hall–Kier alpha value is -5.02. The molecule has 0 bridgehead atoms. The SMILES string of the molecule is Cc1ccc(-c2cn3cc(C#N)ccc3n2)cc1.Cc1ccc(-c2cn3cc(C=O)ccc3n2)cc1. The van der Waals surface area contributed by atoms with Crippen molar-refractivity contribution in [1.29, 1.82) is 5.26 Å². The van der Waals surface area contributed by atoms with Gasteiger partial charge in [-0.3, -0.25) is 4.79 Å². The van der Waals surface area contributed by atoms with E-state index in [9.17, 15) is 4.79 Å². The second kappa shape index (κ2) is 9.69. The number of aromatic nitrogens is 4. The van der Waals surface area contributed by atoms with Gasteiger partial charge in [0.25, 0.3) is 0 Å². The van der Waals surface area contributed by atoms with Gasteiger partial charge in [0.1, 0.15) is 17.4 Å². The van der Waals surface area contributed by atoms with Crippen LogP contribution < -0.4 is 0 Å². The fourth-order valence-electron chi connectivity index (χ4n) is 3.86. The first-order chi connectivity index (χ1) is 17.5. The second-order valence-corrected chi connectivity index (χ2v) is 8.63. The van der Waals surface area contributed by atoms with Crippen molar-refractivity contribution in [2.24, 2.45) is 0 Å². The summed E-state index contributed by atoms with van der Waals surface area (Å²) in [7, 11) is 0. The minimum atomic E-state index is 0.635. The normalized spacial score (nSPS) is 10.6. The van der Waals surface area contributed by atoms with E-state index in [1.54, 1.807) is 24.5 Å². The molecule has 0 fully saturated rings. The summed E-state index contributed by atoms with van der Waals surface area (Å²) >= 11 is 0. The number of nitrogens with zero attached hydrogens (tertiary/aromatic N) is 5. The van der Waals surface area contributed by atoms with Crippen molar-refractivity contribution in [1.82, 2.24) is 18.8 Å². The Balaban J connectivity index is 0.000000148. The van der Waals surface area contributed by atoms with Crippen LogP contribution in [0.1, 0.15) is 27.0 Å². The molecule has 6 nitrogen and oxygen atoms in total. The van der Waals surface area contributed by atoms with Gasteiger partial charge < -0.3 is 8.80 Å². The Morgan fingerprint density at radius 1 is 0.667 bits per heavy atom. The van der Waals surface area contributed by atoms with Crippen molar-refractivity contribution in [2.45, 2.75) is 13.8 Å². The first-order valence-electron chi connectivity index (χ1n) is 11.5. The van der Waals surface area contributed by atoms with Crippen LogP contribution in [0.2, 0.25) is 0 Å². The number of rotatable bonds is 3. The zero-order valence-corrected chi connectivity index (χ0v) is 20.0. The molecule has 0 N–H and O–H groups in total. The van der Waals surface area contributed by atoms with Crippen LogP contribution >= 0.6 is 0 Å². The largest absolute Gasteiger partial charge is 0.306 e. The van der Waals surface area contributed by atoms with Crippen LogP contribution in [0.4, 0.5) is 0 Å². The highest BCUT2D eigenvalue weighted by atomic mass is 16.1. The van der Waals surface area contributed by atoms with Crippen molar-refractivity contribution in [3.8, 4) is 28.6 Å². The number of carbonyl (C=O) groups excluding carboxylic acids is 1. The average molecular weight is 470 g/mol. The summed E-state index contributed by atoms with van der Waals surface area (Å²) in [6, 6.07) is 25.9. The summed E-state index contributed by atoms with van der Waals surface area (Å²) in [6.07, 6.45) is 8.30. The molecular formula is C30H23N5O. The van der Waals surface area contributed by atoms with Gasteiger partial charge in [0.05, 0.1) is 17.0 Å². The molecule has 0 saturated carbocycles. The van der Waals surface area contributed by atoms with E-state index in [0.717, 1.165) is 40.1 Å². The van der Waals surface area contributed by atoms with E-state index in [1.807, 2.05) is 33.3 Å². The highest BCUT2D eigenvalue weighted by Gasteiger charge is 2.05. The van der Waals surface area contributed by atoms with Crippen molar-refractivity contribution in [3.63, 3.8) is 0 Å². The molecular weight excluding hydrogens is 446 g/mol. The lowest BCUT2D eigenvalue weighted by Crippen LogP contribution is -1.86. The third kappa shape index (κ3) is 4.77. The smallest absolute Gasteiger partial charge is 0.151 e. The molecule has 0 spiro atoms. The molecule has 0 aliphatic heterocycles. The maximum absolute atomic E-state index is 10.7. The Morgan fingerprint density at radius 2 is 1.17 bits per heavy atom. The average Bonchev–Trinajstić information content (AvgIpc) is 3.53. The number of carbonyl (C=O) groups is 1. The summed E-state index contributed by atoms with van der Waals surface area (Å²) in [5, 5.41) is 8.87. The van der Waals surface area contributed by atoms with Crippen LogP contribution in [0.15, 0.2) is 97.6 Å². The number of hydrogen-bond donors (Lipinski definition) is 0. The molecule has 0 aliphatic rings. The van der Waals surface area contributed by atoms with Crippen LogP contribution in [-0.4, -0.2) is 25.1 Å². The molecule has 6 aromatic rings. The summed E-state index contributed by atoms with van der Waals surface area (Å²) in [6.45, 7) is 4.12. The molecule has 0 unspecified atom stereocenters. The van der Waals surface area contributed by atoms with Crippen LogP contribution in [0.25, 0.3) is 33.8 Å². The lowest BCUT2D eigenvalue weighted by molar-refractivity contribution is 0.112. The van der Waals surface area contributed by atoms with Crippen LogP contribution in [0.3, 0.4) is 0 Å². The number of aldehydes is 1. The maximum atomic E-state index is 10.7. The van der Waals surface area contributed by atoms with Crippen molar-refractivity contribution < 1.29 is 4.79 Å². The van der Waals surface area contributed by atoms with Crippen LogP contribution in [-0.2, 0) is 0 Å². The van der Waals surface area contributed by atoms with Crippen molar-refractivity contribution in [2.75, 3.05) is 0 Å². The molecule has 0 amide bonds. The molecule has 36 heavy (non-hydrogen) atoms. The first-order valence-corrected chi connectivity index (χ1v) is 11.5. The van der Waals surface area contributed by atoms with Gasteiger partial charge in [-0.1, -0.05) is 59.7 Å². The van der Waals surface area contributed by atoms with E-state index in [4.69, 9.17) is 5.26 Å². The molecule has 6 heteroatoms. The van der Waals surface area contributed by atoms with Gasteiger partial charge in [-0.2, -0.15) is 5.26 Å². The fraction of sp³-hybridized carbons (Fsp3) is 0.0667. The van der Waals surface area contributed by atoms with Gasteiger partial charge in [0.15, 0.2) is 6.29 Å². The second-order valence-electron chi connectivity index (χ2n) is 8.63. The summed E-state index contributed by atoms with van der Waals surface area (Å²) < 4.78 is 3.76. The lowest BCUT2D eigenvalue weighted by Gasteiger charge is -1.96. The predicted octanol–water partition coefficient (Wildman–Crippen LogP) is 6.30. The van der Waals surface area contributed by atoms with E-state index in [-0.39, 0.29) is 0 Å². The number of benzene rings is 2.